The molecule has 1 aliphatic heterocycles. The van der Waals surface area contributed by atoms with Crippen LogP contribution in [0.2, 0.25) is 5.02 Å². The van der Waals surface area contributed by atoms with Crippen molar-refractivity contribution >= 4 is 23.5 Å². The Morgan fingerprint density at radius 3 is 2.79 bits per heavy atom. The predicted molar refractivity (Wildman–Crippen MR) is 91.7 cm³/mol. The molecule has 1 aromatic heterocycles. The van der Waals surface area contributed by atoms with E-state index < -0.39 is 5.92 Å². The lowest BCUT2D eigenvalue weighted by molar-refractivity contribution is -0.147. The van der Waals surface area contributed by atoms with Gasteiger partial charge in [-0.2, -0.15) is 10.1 Å². The molecule has 6 nitrogen and oxygen atoms in total. The average Bonchev–Trinajstić information content (AvgIpc) is 3.03. The van der Waals surface area contributed by atoms with Gasteiger partial charge in [0.05, 0.1) is 12.6 Å². The molecule has 0 saturated carbocycles. The zero-order valence-electron chi connectivity index (χ0n) is 13.6. The summed E-state index contributed by atoms with van der Waals surface area (Å²) in [5, 5.41) is 8.14. The molecule has 0 bridgehead atoms. The number of carbonyl (C=O) groups excluding carboxylic acids is 1. The Hall–Kier alpha value is -2.34. The van der Waals surface area contributed by atoms with E-state index in [-0.39, 0.29) is 12.0 Å². The molecule has 0 spiro atoms. The third kappa shape index (κ3) is 3.01. The van der Waals surface area contributed by atoms with Crippen molar-refractivity contribution in [2.24, 2.45) is 5.92 Å². The maximum atomic E-state index is 12.7. The summed E-state index contributed by atoms with van der Waals surface area (Å²) in [6.45, 7) is 4.15. The molecule has 1 N–H and O–H groups in total. The molecule has 3 rings (SSSR count). The molecule has 24 heavy (non-hydrogen) atoms. The lowest BCUT2D eigenvalue weighted by Gasteiger charge is -2.33. The molecule has 0 fully saturated rings. The molecule has 126 valence electrons. The fourth-order valence-corrected chi connectivity index (χ4v) is 3.07. The zero-order chi connectivity index (χ0) is 17.1. The standard InChI is InChI=1S/C17H19ClN4O2/c1-3-5-13-14(16(23)24-4-2)15(11-6-8-12(18)9-7-11)22-17(21-13)19-10-20-22/h5-10,14-15H,3-4H2,1-2H3,(H,19,20,21). The number of nitrogens with one attached hydrogen (secondary N) is 1. The van der Waals surface area contributed by atoms with Gasteiger partial charge in [0, 0.05) is 10.7 Å². The highest BCUT2D eigenvalue weighted by atomic mass is 35.5. The number of hydrogen-bond donors (Lipinski definition) is 1. The van der Waals surface area contributed by atoms with Crippen molar-refractivity contribution in [3.63, 3.8) is 0 Å². The molecule has 0 radical (unpaired) electrons. The monoisotopic (exact) mass is 346 g/mol. The van der Waals surface area contributed by atoms with Gasteiger partial charge in [-0.3, -0.25) is 4.79 Å². The number of ether oxygens (including phenoxy) is 1. The lowest BCUT2D eigenvalue weighted by atomic mass is 9.88. The zero-order valence-corrected chi connectivity index (χ0v) is 14.3. The molecule has 1 aliphatic rings. The Balaban J connectivity index is 2.13. The highest BCUT2D eigenvalue weighted by Gasteiger charge is 2.41. The summed E-state index contributed by atoms with van der Waals surface area (Å²) in [5.41, 5.74) is 1.71. The van der Waals surface area contributed by atoms with Crippen LogP contribution in [-0.4, -0.2) is 27.3 Å². The van der Waals surface area contributed by atoms with Gasteiger partial charge in [-0.25, -0.2) is 4.68 Å². The van der Waals surface area contributed by atoms with Crippen molar-refractivity contribution in [2.75, 3.05) is 11.9 Å². The number of halogens is 1. The minimum atomic E-state index is -0.514. The highest BCUT2D eigenvalue weighted by molar-refractivity contribution is 6.30. The fraction of sp³-hybridized carbons (Fsp3) is 0.353. The van der Waals surface area contributed by atoms with E-state index in [9.17, 15) is 4.79 Å². The average molecular weight is 347 g/mol. The summed E-state index contributed by atoms with van der Waals surface area (Å²) < 4.78 is 7.04. The molecule has 2 heterocycles. The Bertz CT molecular complexity index is 754. The van der Waals surface area contributed by atoms with Gasteiger partial charge in [-0.1, -0.05) is 36.7 Å². The lowest BCUT2D eigenvalue weighted by Crippen LogP contribution is -2.38. The van der Waals surface area contributed by atoms with Crippen LogP contribution in [0.1, 0.15) is 31.9 Å². The van der Waals surface area contributed by atoms with E-state index >= 15 is 0 Å². The molecule has 0 aliphatic carbocycles. The van der Waals surface area contributed by atoms with E-state index in [1.54, 1.807) is 23.7 Å². The van der Waals surface area contributed by atoms with Crippen LogP contribution in [0.15, 0.2) is 42.4 Å². The van der Waals surface area contributed by atoms with E-state index in [1.165, 1.54) is 6.33 Å². The van der Waals surface area contributed by atoms with Crippen LogP contribution in [0, 0.1) is 5.92 Å². The maximum absolute atomic E-state index is 12.7. The number of allylic oxidation sites excluding steroid dienone is 1. The van der Waals surface area contributed by atoms with Gasteiger partial charge < -0.3 is 10.1 Å². The van der Waals surface area contributed by atoms with E-state index in [4.69, 9.17) is 16.3 Å². The number of fused-ring (bicyclic) bond motifs is 1. The van der Waals surface area contributed by atoms with Crippen LogP contribution in [0.4, 0.5) is 5.95 Å². The number of esters is 1. The minimum Gasteiger partial charge on any atom is -0.465 e. The molecule has 2 unspecified atom stereocenters. The number of hydrogen-bond acceptors (Lipinski definition) is 5. The van der Waals surface area contributed by atoms with Crippen molar-refractivity contribution < 1.29 is 9.53 Å². The van der Waals surface area contributed by atoms with E-state index in [1.807, 2.05) is 25.1 Å². The first kappa shape index (κ1) is 16.5. The molecule has 7 heteroatoms. The Kier molecular flexibility index (Phi) is 4.85. The van der Waals surface area contributed by atoms with Gasteiger partial charge in [0.25, 0.3) is 0 Å². The first-order chi connectivity index (χ1) is 11.7. The van der Waals surface area contributed by atoms with Crippen LogP contribution in [0.25, 0.3) is 0 Å². The van der Waals surface area contributed by atoms with Gasteiger partial charge >= 0.3 is 5.97 Å². The number of carbonyl (C=O) groups is 1. The number of anilines is 1. The molecule has 2 atom stereocenters. The SMILES string of the molecule is CCC=C1Nc2ncnn2C(c2ccc(Cl)cc2)C1C(=O)OCC. The van der Waals surface area contributed by atoms with E-state index in [2.05, 4.69) is 15.4 Å². The molecule has 1 aromatic carbocycles. The normalized spacial score (nSPS) is 21.2. The molecular formula is C17H19ClN4O2. The molecule has 0 saturated heterocycles. The predicted octanol–water partition coefficient (Wildman–Crippen LogP) is 3.42. The Morgan fingerprint density at radius 1 is 1.38 bits per heavy atom. The van der Waals surface area contributed by atoms with Crippen molar-refractivity contribution in [3.8, 4) is 0 Å². The van der Waals surface area contributed by atoms with Crippen molar-refractivity contribution in [1.82, 2.24) is 14.8 Å². The van der Waals surface area contributed by atoms with Crippen LogP contribution in [0.3, 0.4) is 0 Å². The van der Waals surface area contributed by atoms with Crippen LogP contribution in [-0.2, 0) is 9.53 Å². The second-order valence-corrected chi connectivity index (χ2v) is 5.88. The molecule has 2 aromatic rings. The van der Waals surface area contributed by atoms with Crippen molar-refractivity contribution in [3.05, 3.63) is 53.0 Å². The van der Waals surface area contributed by atoms with Gasteiger partial charge in [-0.05, 0) is 31.0 Å². The van der Waals surface area contributed by atoms with Crippen LogP contribution >= 0.6 is 11.6 Å². The highest BCUT2D eigenvalue weighted by Crippen LogP contribution is 2.38. The van der Waals surface area contributed by atoms with Crippen molar-refractivity contribution in [2.45, 2.75) is 26.3 Å². The van der Waals surface area contributed by atoms with Gasteiger partial charge in [-0.15, -0.1) is 0 Å². The number of rotatable bonds is 4. The molecular weight excluding hydrogens is 328 g/mol. The maximum Gasteiger partial charge on any atom is 0.317 e. The number of nitrogens with zero attached hydrogens (tertiary/aromatic N) is 3. The topological polar surface area (TPSA) is 69.0 Å². The summed E-state index contributed by atoms with van der Waals surface area (Å²) in [7, 11) is 0. The van der Waals surface area contributed by atoms with Gasteiger partial charge in [0.15, 0.2) is 0 Å². The van der Waals surface area contributed by atoms with Gasteiger partial charge in [0.2, 0.25) is 5.95 Å². The van der Waals surface area contributed by atoms with E-state index in [0.717, 1.165) is 17.7 Å². The van der Waals surface area contributed by atoms with Crippen LogP contribution in [0.5, 0.6) is 0 Å². The summed E-state index contributed by atoms with van der Waals surface area (Å²) in [5.74, 6) is -0.193. The number of aromatic nitrogens is 3. The first-order valence-electron chi connectivity index (χ1n) is 7.94. The first-order valence-corrected chi connectivity index (χ1v) is 8.32. The third-order valence-electron chi connectivity index (χ3n) is 3.92. The van der Waals surface area contributed by atoms with Gasteiger partial charge in [0.1, 0.15) is 12.2 Å². The molecule has 0 amide bonds. The quantitative estimate of drug-likeness (QED) is 0.859. The van der Waals surface area contributed by atoms with Crippen LogP contribution < -0.4 is 5.32 Å². The third-order valence-corrected chi connectivity index (χ3v) is 4.17. The summed E-state index contributed by atoms with van der Waals surface area (Å²) >= 11 is 6.01. The fourth-order valence-electron chi connectivity index (χ4n) is 2.94. The second-order valence-electron chi connectivity index (χ2n) is 5.45. The summed E-state index contributed by atoms with van der Waals surface area (Å²) in [4.78, 5) is 16.9. The van der Waals surface area contributed by atoms with E-state index in [0.29, 0.717) is 17.6 Å². The minimum absolute atomic E-state index is 0.286. The Labute approximate surface area is 145 Å². The summed E-state index contributed by atoms with van der Waals surface area (Å²) in [6.07, 6.45) is 4.25. The largest absolute Gasteiger partial charge is 0.465 e. The summed E-state index contributed by atoms with van der Waals surface area (Å²) in [6, 6.07) is 7.08. The van der Waals surface area contributed by atoms with Crippen molar-refractivity contribution in [1.29, 1.82) is 0 Å². The Morgan fingerprint density at radius 2 is 2.12 bits per heavy atom. The number of benzene rings is 1. The smallest absolute Gasteiger partial charge is 0.317 e. The second kappa shape index (κ2) is 7.05.